The van der Waals surface area contributed by atoms with E-state index in [9.17, 15) is 4.79 Å². The molecule has 0 radical (unpaired) electrons. The Balaban J connectivity index is 2.19. The van der Waals surface area contributed by atoms with Gasteiger partial charge in [0.25, 0.3) is 0 Å². The van der Waals surface area contributed by atoms with Gasteiger partial charge in [0, 0.05) is 12.5 Å². The number of methoxy groups -OCH3 is 1. The second-order valence-electron chi connectivity index (χ2n) is 4.26. The Morgan fingerprint density at radius 2 is 2.22 bits per heavy atom. The first-order valence-corrected chi connectivity index (χ1v) is 5.88. The second-order valence-corrected chi connectivity index (χ2v) is 4.26. The largest absolute Gasteiger partial charge is 0.493 e. The molecule has 18 heavy (non-hydrogen) atoms. The fourth-order valence-electron chi connectivity index (χ4n) is 1.80. The van der Waals surface area contributed by atoms with Crippen molar-refractivity contribution in [1.29, 1.82) is 0 Å². The summed E-state index contributed by atoms with van der Waals surface area (Å²) in [4.78, 5) is 11.3. The van der Waals surface area contributed by atoms with Gasteiger partial charge in [-0.2, -0.15) is 0 Å². The summed E-state index contributed by atoms with van der Waals surface area (Å²) in [5, 5.41) is 0. The molecule has 0 saturated carbocycles. The third kappa shape index (κ3) is 2.56. The van der Waals surface area contributed by atoms with Crippen LogP contribution in [0.3, 0.4) is 0 Å². The summed E-state index contributed by atoms with van der Waals surface area (Å²) in [5.41, 5.74) is 6.75. The maximum atomic E-state index is 11.3. The Morgan fingerprint density at radius 3 is 2.78 bits per heavy atom. The second kappa shape index (κ2) is 5.27. The van der Waals surface area contributed by atoms with Crippen LogP contribution in [0.5, 0.6) is 11.5 Å². The maximum Gasteiger partial charge on any atom is 0.347 e. The summed E-state index contributed by atoms with van der Waals surface area (Å²) in [6.45, 7) is 2.30. The average Bonchev–Trinajstić information content (AvgIpc) is 2.75. The summed E-state index contributed by atoms with van der Waals surface area (Å²) in [6.07, 6.45) is 0.0249. The molecule has 5 nitrogen and oxygen atoms in total. The lowest BCUT2D eigenvalue weighted by molar-refractivity contribution is -0.143. The number of benzene rings is 1. The molecule has 1 fully saturated rings. The van der Waals surface area contributed by atoms with Crippen LogP contribution in [-0.2, 0) is 9.53 Å². The number of hydrogen-bond donors (Lipinski definition) is 1. The van der Waals surface area contributed by atoms with E-state index in [2.05, 4.69) is 0 Å². The van der Waals surface area contributed by atoms with Crippen LogP contribution in [0.4, 0.5) is 0 Å². The molecule has 0 bridgehead atoms. The highest BCUT2D eigenvalue weighted by atomic mass is 16.6. The van der Waals surface area contributed by atoms with Crippen LogP contribution in [0.15, 0.2) is 18.2 Å². The van der Waals surface area contributed by atoms with Crippen molar-refractivity contribution < 1.29 is 19.0 Å². The fourth-order valence-corrected chi connectivity index (χ4v) is 1.80. The average molecular weight is 251 g/mol. The van der Waals surface area contributed by atoms with Gasteiger partial charge < -0.3 is 19.9 Å². The van der Waals surface area contributed by atoms with E-state index in [4.69, 9.17) is 19.9 Å². The van der Waals surface area contributed by atoms with Gasteiger partial charge in [-0.15, -0.1) is 0 Å². The smallest absolute Gasteiger partial charge is 0.347 e. The van der Waals surface area contributed by atoms with E-state index in [1.54, 1.807) is 13.2 Å². The molecule has 1 aliphatic rings. The van der Waals surface area contributed by atoms with E-state index in [-0.39, 0.29) is 12.0 Å². The van der Waals surface area contributed by atoms with Gasteiger partial charge >= 0.3 is 5.97 Å². The molecule has 1 aromatic rings. The van der Waals surface area contributed by atoms with Crippen molar-refractivity contribution in [2.24, 2.45) is 5.73 Å². The molecule has 0 aromatic heterocycles. The van der Waals surface area contributed by atoms with Crippen LogP contribution in [0.2, 0.25) is 0 Å². The van der Waals surface area contributed by atoms with Crippen LogP contribution in [0, 0.1) is 0 Å². The molecular weight excluding hydrogens is 234 g/mol. The number of esters is 1. The Kier molecular flexibility index (Phi) is 3.72. The van der Waals surface area contributed by atoms with Gasteiger partial charge in [-0.3, -0.25) is 0 Å². The van der Waals surface area contributed by atoms with Crippen molar-refractivity contribution in [3.8, 4) is 11.5 Å². The summed E-state index contributed by atoms with van der Waals surface area (Å²) in [7, 11) is 1.56. The molecule has 2 atom stereocenters. The first-order valence-electron chi connectivity index (χ1n) is 5.88. The summed E-state index contributed by atoms with van der Waals surface area (Å²) in [6, 6.07) is 5.37. The monoisotopic (exact) mass is 251 g/mol. The van der Waals surface area contributed by atoms with Crippen LogP contribution < -0.4 is 15.2 Å². The topological polar surface area (TPSA) is 70.8 Å². The lowest BCUT2D eigenvalue weighted by Crippen LogP contribution is -2.22. The van der Waals surface area contributed by atoms with Crippen LogP contribution in [-0.4, -0.2) is 25.8 Å². The van der Waals surface area contributed by atoms with Crippen molar-refractivity contribution in [1.82, 2.24) is 0 Å². The summed E-state index contributed by atoms with van der Waals surface area (Å²) in [5.74, 6) is 0.781. The van der Waals surface area contributed by atoms with Gasteiger partial charge in [-0.25, -0.2) is 4.79 Å². The van der Waals surface area contributed by atoms with E-state index in [1.807, 2.05) is 19.1 Å². The molecular formula is C13H17NO4. The van der Waals surface area contributed by atoms with E-state index in [0.29, 0.717) is 24.5 Å². The number of ether oxygens (including phenoxy) is 3. The van der Waals surface area contributed by atoms with Gasteiger partial charge in [0.15, 0.2) is 17.6 Å². The first kappa shape index (κ1) is 12.7. The van der Waals surface area contributed by atoms with E-state index >= 15 is 0 Å². The van der Waals surface area contributed by atoms with Crippen molar-refractivity contribution >= 4 is 5.97 Å². The molecule has 2 N–H and O–H groups in total. The highest BCUT2D eigenvalue weighted by Crippen LogP contribution is 2.31. The maximum absolute atomic E-state index is 11.3. The van der Waals surface area contributed by atoms with E-state index < -0.39 is 6.10 Å². The highest BCUT2D eigenvalue weighted by molar-refractivity contribution is 5.77. The zero-order chi connectivity index (χ0) is 13.1. The minimum absolute atomic E-state index is 0.0793. The first-order chi connectivity index (χ1) is 8.61. The Morgan fingerprint density at radius 1 is 1.44 bits per heavy atom. The number of carbonyl (C=O) groups excluding carboxylic acids is 1. The quantitative estimate of drug-likeness (QED) is 0.819. The Labute approximate surface area is 106 Å². The van der Waals surface area contributed by atoms with E-state index in [0.717, 1.165) is 5.56 Å². The predicted molar refractivity (Wildman–Crippen MR) is 65.6 cm³/mol. The van der Waals surface area contributed by atoms with Gasteiger partial charge in [0.2, 0.25) is 0 Å². The summed E-state index contributed by atoms with van der Waals surface area (Å²) >= 11 is 0. The SMILES string of the molecule is COc1cc(C(C)N)ccc1OC1CCOC1=O. The molecule has 0 spiro atoms. The van der Waals surface area contributed by atoms with Crippen molar-refractivity contribution in [2.75, 3.05) is 13.7 Å². The van der Waals surface area contributed by atoms with Gasteiger partial charge in [-0.1, -0.05) is 6.07 Å². The molecule has 0 aliphatic carbocycles. The van der Waals surface area contributed by atoms with Crippen molar-refractivity contribution in [3.05, 3.63) is 23.8 Å². The lowest BCUT2D eigenvalue weighted by atomic mass is 10.1. The number of hydrogen-bond acceptors (Lipinski definition) is 5. The Bertz CT molecular complexity index is 445. The summed E-state index contributed by atoms with van der Waals surface area (Å²) < 4.78 is 15.7. The minimum Gasteiger partial charge on any atom is -0.493 e. The molecule has 98 valence electrons. The standard InChI is InChI=1S/C13H17NO4/c1-8(14)9-3-4-10(12(7-9)16-2)18-11-5-6-17-13(11)15/h3-4,7-8,11H,5-6,14H2,1-2H3. The molecule has 5 heteroatoms. The van der Waals surface area contributed by atoms with E-state index in [1.165, 1.54) is 0 Å². The van der Waals surface area contributed by atoms with Gasteiger partial charge in [0.05, 0.1) is 13.7 Å². The molecule has 1 saturated heterocycles. The minimum atomic E-state index is -0.542. The predicted octanol–water partition coefficient (Wildman–Crippen LogP) is 1.41. The molecule has 1 aliphatic heterocycles. The number of nitrogens with two attached hydrogens (primary N) is 1. The third-order valence-corrected chi connectivity index (χ3v) is 2.87. The highest BCUT2D eigenvalue weighted by Gasteiger charge is 2.29. The fraction of sp³-hybridized carbons (Fsp3) is 0.462. The molecule has 1 heterocycles. The molecule has 1 aromatic carbocycles. The molecule has 2 unspecified atom stereocenters. The van der Waals surface area contributed by atoms with Crippen LogP contribution >= 0.6 is 0 Å². The van der Waals surface area contributed by atoms with Gasteiger partial charge in [0.1, 0.15) is 0 Å². The number of cyclic esters (lactones) is 1. The Hall–Kier alpha value is -1.75. The van der Waals surface area contributed by atoms with Crippen LogP contribution in [0.25, 0.3) is 0 Å². The van der Waals surface area contributed by atoms with Crippen molar-refractivity contribution in [2.45, 2.75) is 25.5 Å². The number of carbonyl (C=O) groups is 1. The zero-order valence-corrected chi connectivity index (χ0v) is 10.5. The van der Waals surface area contributed by atoms with Crippen LogP contribution in [0.1, 0.15) is 24.9 Å². The normalized spacial score (nSPS) is 20.4. The molecule has 2 rings (SSSR count). The zero-order valence-electron chi connectivity index (χ0n) is 10.5. The number of rotatable bonds is 4. The lowest BCUT2D eigenvalue weighted by Gasteiger charge is -2.15. The van der Waals surface area contributed by atoms with Gasteiger partial charge in [-0.05, 0) is 24.6 Å². The van der Waals surface area contributed by atoms with Crippen molar-refractivity contribution in [3.63, 3.8) is 0 Å². The third-order valence-electron chi connectivity index (χ3n) is 2.87. The molecule has 0 amide bonds.